The van der Waals surface area contributed by atoms with Crippen LogP contribution < -0.4 is 5.32 Å². The quantitative estimate of drug-likeness (QED) is 0.731. The molecular formula is C19H18ClN3O. The van der Waals surface area contributed by atoms with Crippen LogP contribution in [0.5, 0.6) is 0 Å². The zero-order valence-electron chi connectivity index (χ0n) is 13.3. The van der Waals surface area contributed by atoms with Gasteiger partial charge in [0.25, 0.3) is 5.91 Å². The average molecular weight is 340 g/mol. The van der Waals surface area contributed by atoms with Crippen LogP contribution in [0.3, 0.4) is 0 Å². The Kier molecular flexibility index (Phi) is 4.96. The van der Waals surface area contributed by atoms with Gasteiger partial charge in [0.1, 0.15) is 5.69 Å². The molecule has 0 atom stereocenters. The van der Waals surface area contributed by atoms with Crippen molar-refractivity contribution in [3.63, 3.8) is 0 Å². The average Bonchev–Trinajstić information content (AvgIpc) is 3.10. The molecule has 0 aliphatic heterocycles. The van der Waals surface area contributed by atoms with Crippen molar-refractivity contribution in [3.05, 3.63) is 76.4 Å². The Balaban J connectivity index is 1.65. The van der Waals surface area contributed by atoms with Gasteiger partial charge in [-0.15, -0.1) is 0 Å². The predicted octanol–water partition coefficient (Wildman–Crippen LogP) is 4.22. The molecule has 0 saturated heterocycles. The molecule has 122 valence electrons. The third-order valence-corrected chi connectivity index (χ3v) is 4.06. The van der Waals surface area contributed by atoms with Crippen LogP contribution in [-0.2, 0) is 13.0 Å². The number of halogens is 1. The second kappa shape index (κ2) is 7.32. The van der Waals surface area contributed by atoms with Gasteiger partial charge >= 0.3 is 0 Å². The molecule has 3 aromatic rings. The van der Waals surface area contributed by atoms with E-state index in [4.69, 9.17) is 11.6 Å². The molecule has 1 aromatic heterocycles. The number of carbonyl (C=O) groups excluding carboxylic acids is 1. The van der Waals surface area contributed by atoms with E-state index >= 15 is 0 Å². The lowest BCUT2D eigenvalue weighted by Crippen LogP contribution is -2.23. The van der Waals surface area contributed by atoms with E-state index < -0.39 is 0 Å². The number of rotatable bonds is 5. The molecule has 0 fully saturated rings. The highest BCUT2D eigenvalue weighted by Crippen LogP contribution is 2.21. The van der Waals surface area contributed by atoms with E-state index in [0.29, 0.717) is 23.0 Å². The third kappa shape index (κ3) is 3.84. The number of hydrogen-bond donors (Lipinski definition) is 2. The van der Waals surface area contributed by atoms with E-state index in [0.717, 1.165) is 17.5 Å². The molecular weight excluding hydrogens is 322 g/mol. The number of carbonyl (C=O) groups is 1. The van der Waals surface area contributed by atoms with E-state index in [1.807, 2.05) is 30.3 Å². The fourth-order valence-electron chi connectivity index (χ4n) is 2.40. The number of amides is 1. The number of benzene rings is 2. The Morgan fingerprint density at radius 3 is 2.58 bits per heavy atom. The van der Waals surface area contributed by atoms with Gasteiger partial charge in [-0.1, -0.05) is 54.9 Å². The van der Waals surface area contributed by atoms with E-state index in [1.54, 1.807) is 12.1 Å². The maximum Gasteiger partial charge on any atom is 0.269 e. The molecule has 1 amide bonds. The molecule has 24 heavy (non-hydrogen) atoms. The molecule has 5 heteroatoms. The van der Waals surface area contributed by atoms with Crippen molar-refractivity contribution in [2.75, 3.05) is 0 Å². The molecule has 0 saturated carbocycles. The first kappa shape index (κ1) is 16.3. The number of aryl methyl sites for hydroxylation is 1. The second-order valence-corrected chi connectivity index (χ2v) is 5.97. The van der Waals surface area contributed by atoms with E-state index in [2.05, 4.69) is 34.6 Å². The van der Waals surface area contributed by atoms with Crippen LogP contribution >= 0.6 is 11.6 Å². The number of hydrogen-bond acceptors (Lipinski definition) is 2. The Morgan fingerprint density at radius 1 is 1.12 bits per heavy atom. The molecule has 3 rings (SSSR count). The molecule has 4 nitrogen and oxygen atoms in total. The summed E-state index contributed by atoms with van der Waals surface area (Å²) >= 11 is 5.99. The first-order valence-corrected chi connectivity index (χ1v) is 8.21. The van der Waals surface area contributed by atoms with E-state index in [-0.39, 0.29) is 5.91 Å². The minimum absolute atomic E-state index is 0.185. The Bertz CT molecular complexity index is 840. The maximum atomic E-state index is 12.2. The van der Waals surface area contributed by atoms with E-state index in [9.17, 15) is 4.79 Å². The molecule has 2 aromatic carbocycles. The smallest absolute Gasteiger partial charge is 0.269 e. The lowest BCUT2D eigenvalue weighted by molar-refractivity contribution is 0.0946. The van der Waals surface area contributed by atoms with Gasteiger partial charge in [0, 0.05) is 17.1 Å². The van der Waals surface area contributed by atoms with Crippen LogP contribution in [0.2, 0.25) is 5.02 Å². The molecule has 1 heterocycles. The van der Waals surface area contributed by atoms with Gasteiger partial charge in [0.2, 0.25) is 0 Å². The molecule has 0 radical (unpaired) electrons. The third-order valence-electron chi connectivity index (χ3n) is 3.83. The Morgan fingerprint density at radius 2 is 1.88 bits per heavy atom. The summed E-state index contributed by atoms with van der Waals surface area (Å²) in [6, 6.07) is 17.3. The van der Waals surface area contributed by atoms with Gasteiger partial charge in [-0.25, -0.2) is 0 Å². The van der Waals surface area contributed by atoms with Gasteiger partial charge < -0.3 is 5.32 Å². The lowest BCUT2D eigenvalue weighted by Gasteiger charge is -2.04. The van der Waals surface area contributed by atoms with Crippen LogP contribution in [0.15, 0.2) is 54.6 Å². The molecule has 0 unspecified atom stereocenters. The molecule has 0 aliphatic rings. The number of H-pyrrole nitrogens is 1. The lowest BCUT2D eigenvalue weighted by atomic mass is 10.1. The zero-order chi connectivity index (χ0) is 16.9. The van der Waals surface area contributed by atoms with Crippen molar-refractivity contribution in [2.24, 2.45) is 0 Å². The fraction of sp³-hybridized carbons (Fsp3) is 0.158. The van der Waals surface area contributed by atoms with Gasteiger partial charge in [0.05, 0.1) is 5.69 Å². The largest absolute Gasteiger partial charge is 0.347 e. The van der Waals surface area contributed by atoms with Gasteiger partial charge in [-0.05, 0) is 35.7 Å². The summed E-state index contributed by atoms with van der Waals surface area (Å²) in [5.74, 6) is -0.185. The van der Waals surface area contributed by atoms with Crippen LogP contribution in [0.1, 0.15) is 28.5 Å². The zero-order valence-corrected chi connectivity index (χ0v) is 14.1. The standard InChI is InChI=1S/C19H18ClN3O/c1-2-13-6-8-14(9-7-13)12-21-19(24)18-11-17(22-23-18)15-4-3-5-16(20)10-15/h3-11H,2,12H2,1H3,(H,21,24)(H,22,23). The number of nitrogens with zero attached hydrogens (tertiary/aromatic N) is 1. The predicted molar refractivity (Wildman–Crippen MR) is 96.0 cm³/mol. The number of nitrogens with one attached hydrogen (secondary N) is 2. The van der Waals surface area contributed by atoms with Crippen molar-refractivity contribution >= 4 is 17.5 Å². The summed E-state index contributed by atoms with van der Waals surface area (Å²) < 4.78 is 0. The SMILES string of the molecule is CCc1ccc(CNC(=O)c2cc(-c3cccc(Cl)c3)n[nH]2)cc1. The topological polar surface area (TPSA) is 57.8 Å². The highest BCUT2D eigenvalue weighted by molar-refractivity contribution is 6.30. The van der Waals surface area contributed by atoms with Crippen molar-refractivity contribution in [3.8, 4) is 11.3 Å². The van der Waals surface area contributed by atoms with Crippen molar-refractivity contribution in [2.45, 2.75) is 19.9 Å². The van der Waals surface area contributed by atoms with Crippen molar-refractivity contribution in [1.29, 1.82) is 0 Å². The van der Waals surface area contributed by atoms with Crippen LogP contribution in [0.4, 0.5) is 0 Å². The molecule has 0 aliphatic carbocycles. The minimum Gasteiger partial charge on any atom is -0.347 e. The molecule has 0 bridgehead atoms. The van der Waals surface area contributed by atoms with Crippen LogP contribution in [0.25, 0.3) is 11.3 Å². The van der Waals surface area contributed by atoms with Crippen molar-refractivity contribution < 1.29 is 4.79 Å². The number of aromatic nitrogens is 2. The van der Waals surface area contributed by atoms with Gasteiger partial charge in [0.15, 0.2) is 0 Å². The summed E-state index contributed by atoms with van der Waals surface area (Å²) in [6.45, 7) is 2.60. The maximum absolute atomic E-state index is 12.2. The number of aromatic amines is 1. The summed E-state index contributed by atoms with van der Waals surface area (Å²) in [5.41, 5.74) is 4.33. The molecule has 2 N–H and O–H groups in total. The Labute approximate surface area is 145 Å². The summed E-state index contributed by atoms with van der Waals surface area (Å²) in [4.78, 5) is 12.2. The first-order chi connectivity index (χ1) is 11.7. The highest BCUT2D eigenvalue weighted by atomic mass is 35.5. The van der Waals surface area contributed by atoms with Crippen molar-refractivity contribution in [1.82, 2.24) is 15.5 Å². The van der Waals surface area contributed by atoms with E-state index in [1.165, 1.54) is 5.56 Å². The molecule has 0 spiro atoms. The van der Waals surface area contributed by atoms with Gasteiger partial charge in [-0.2, -0.15) is 5.10 Å². The first-order valence-electron chi connectivity index (χ1n) is 7.83. The monoisotopic (exact) mass is 339 g/mol. The van der Waals surface area contributed by atoms with Crippen LogP contribution in [0, 0.1) is 0 Å². The summed E-state index contributed by atoms with van der Waals surface area (Å²) in [6.07, 6.45) is 1.01. The summed E-state index contributed by atoms with van der Waals surface area (Å²) in [5, 5.41) is 10.5. The second-order valence-electron chi connectivity index (χ2n) is 5.53. The summed E-state index contributed by atoms with van der Waals surface area (Å²) in [7, 11) is 0. The normalized spacial score (nSPS) is 10.6. The van der Waals surface area contributed by atoms with Crippen LogP contribution in [-0.4, -0.2) is 16.1 Å². The highest BCUT2D eigenvalue weighted by Gasteiger charge is 2.11. The minimum atomic E-state index is -0.185. The Hall–Kier alpha value is -2.59. The fourth-order valence-corrected chi connectivity index (χ4v) is 2.59. The van der Waals surface area contributed by atoms with Gasteiger partial charge in [-0.3, -0.25) is 9.89 Å².